The summed E-state index contributed by atoms with van der Waals surface area (Å²) >= 11 is 1.48. The summed E-state index contributed by atoms with van der Waals surface area (Å²) in [7, 11) is 0. The number of aromatic nitrogens is 1. The van der Waals surface area contributed by atoms with Gasteiger partial charge >= 0.3 is 0 Å². The molecular formula is C22H25N3O2S. The van der Waals surface area contributed by atoms with Crippen LogP contribution in [0.25, 0.3) is 0 Å². The Labute approximate surface area is 170 Å². The van der Waals surface area contributed by atoms with Crippen LogP contribution in [0.4, 0.5) is 0 Å². The fourth-order valence-electron chi connectivity index (χ4n) is 4.33. The Hall–Kier alpha value is -2.34. The van der Waals surface area contributed by atoms with E-state index in [1.54, 1.807) is 12.3 Å². The van der Waals surface area contributed by atoms with E-state index >= 15 is 0 Å². The average Bonchev–Trinajstić information content (AvgIpc) is 3.31. The lowest BCUT2D eigenvalue weighted by Gasteiger charge is -2.24. The minimum Gasteiger partial charge on any atom is -0.342 e. The summed E-state index contributed by atoms with van der Waals surface area (Å²) in [6.07, 6.45) is 6.11. The molecule has 0 saturated carbocycles. The molecule has 2 aromatic rings. The summed E-state index contributed by atoms with van der Waals surface area (Å²) < 4.78 is 0. The third kappa shape index (κ3) is 3.53. The standard InChI is InChI=1S/C22H25N3O2S/c1-28-19-18(8-5-12-23-19)20(26)25-15-11-22(16-25)10-14-24(21(22)27)13-9-17-6-3-2-4-7-17/h2-8,12H,9-11,13-16H2,1H3. The Morgan fingerprint density at radius 1 is 1.14 bits per heavy atom. The van der Waals surface area contributed by atoms with Crippen molar-refractivity contribution in [3.63, 3.8) is 0 Å². The van der Waals surface area contributed by atoms with Crippen LogP contribution in [0.1, 0.15) is 28.8 Å². The van der Waals surface area contributed by atoms with Crippen LogP contribution in [0.2, 0.25) is 0 Å². The van der Waals surface area contributed by atoms with Crippen LogP contribution in [-0.4, -0.2) is 59.0 Å². The van der Waals surface area contributed by atoms with E-state index in [0.717, 1.165) is 37.4 Å². The molecule has 0 bridgehead atoms. The van der Waals surface area contributed by atoms with Gasteiger partial charge in [0.1, 0.15) is 5.03 Å². The first-order valence-electron chi connectivity index (χ1n) is 9.74. The third-order valence-corrected chi connectivity index (χ3v) is 6.66. The molecule has 0 N–H and O–H groups in total. The number of thioether (sulfide) groups is 1. The molecular weight excluding hydrogens is 370 g/mol. The molecule has 146 valence electrons. The van der Waals surface area contributed by atoms with Gasteiger partial charge in [-0.1, -0.05) is 30.3 Å². The number of amides is 2. The van der Waals surface area contributed by atoms with Crippen LogP contribution < -0.4 is 0 Å². The minimum absolute atomic E-state index is 0.00939. The molecule has 1 atom stereocenters. The number of rotatable bonds is 5. The van der Waals surface area contributed by atoms with Crippen molar-refractivity contribution in [2.45, 2.75) is 24.3 Å². The van der Waals surface area contributed by atoms with E-state index < -0.39 is 5.41 Å². The van der Waals surface area contributed by atoms with Gasteiger partial charge in [0.05, 0.1) is 11.0 Å². The van der Waals surface area contributed by atoms with Gasteiger partial charge in [0.25, 0.3) is 5.91 Å². The summed E-state index contributed by atoms with van der Waals surface area (Å²) in [5.74, 6) is 0.208. The highest BCUT2D eigenvalue weighted by atomic mass is 32.2. The number of hydrogen-bond donors (Lipinski definition) is 0. The minimum atomic E-state index is -0.395. The molecule has 2 aliphatic heterocycles. The number of carbonyl (C=O) groups is 2. The molecule has 2 aliphatic rings. The SMILES string of the molecule is CSc1ncccc1C(=O)N1CCC2(CCN(CCc3ccccc3)C2=O)C1. The van der Waals surface area contributed by atoms with Crippen molar-refractivity contribution in [1.29, 1.82) is 0 Å². The number of carbonyl (C=O) groups excluding carboxylic acids is 2. The van der Waals surface area contributed by atoms with Crippen LogP contribution in [0.15, 0.2) is 53.7 Å². The smallest absolute Gasteiger partial charge is 0.256 e. The van der Waals surface area contributed by atoms with E-state index in [1.165, 1.54) is 17.3 Å². The highest BCUT2D eigenvalue weighted by molar-refractivity contribution is 7.98. The second-order valence-electron chi connectivity index (χ2n) is 7.60. The van der Waals surface area contributed by atoms with Gasteiger partial charge in [0.15, 0.2) is 0 Å². The molecule has 28 heavy (non-hydrogen) atoms. The summed E-state index contributed by atoms with van der Waals surface area (Å²) in [5, 5.41) is 0.746. The Morgan fingerprint density at radius 2 is 1.93 bits per heavy atom. The maximum Gasteiger partial charge on any atom is 0.256 e. The molecule has 1 unspecified atom stereocenters. The lowest BCUT2D eigenvalue weighted by atomic mass is 9.85. The van der Waals surface area contributed by atoms with Crippen molar-refractivity contribution in [2.24, 2.45) is 5.41 Å². The normalized spacial score (nSPS) is 21.7. The molecule has 1 aromatic carbocycles. The van der Waals surface area contributed by atoms with Crippen LogP contribution in [0, 0.1) is 5.41 Å². The topological polar surface area (TPSA) is 53.5 Å². The Bertz CT molecular complexity index is 873. The Balaban J connectivity index is 1.41. The number of nitrogens with zero attached hydrogens (tertiary/aromatic N) is 3. The highest BCUT2D eigenvalue weighted by Crippen LogP contribution is 2.41. The first-order chi connectivity index (χ1) is 13.6. The monoisotopic (exact) mass is 395 g/mol. The number of pyridine rings is 1. The second kappa shape index (κ2) is 7.95. The van der Waals surface area contributed by atoms with E-state index in [2.05, 4.69) is 17.1 Å². The maximum atomic E-state index is 13.2. The molecule has 2 fully saturated rings. The predicted octanol–water partition coefficient (Wildman–Crippen LogP) is 3.11. The lowest BCUT2D eigenvalue weighted by molar-refractivity contribution is -0.135. The van der Waals surface area contributed by atoms with Crippen LogP contribution in [-0.2, 0) is 11.2 Å². The van der Waals surface area contributed by atoms with E-state index in [1.807, 2.05) is 40.3 Å². The van der Waals surface area contributed by atoms with Gasteiger partial charge in [0.2, 0.25) is 5.91 Å². The largest absolute Gasteiger partial charge is 0.342 e. The predicted molar refractivity (Wildman–Crippen MR) is 110 cm³/mol. The second-order valence-corrected chi connectivity index (χ2v) is 8.39. The average molecular weight is 396 g/mol. The molecule has 2 saturated heterocycles. The van der Waals surface area contributed by atoms with Crippen LogP contribution >= 0.6 is 11.8 Å². The quantitative estimate of drug-likeness (QED) is 0.730. The van der Waals surface area contributed by atoms with Gasteiger partial charge in [-0.05, 0) is 43.2 Å². The molecule has 2 amide bonds. The summed E-state index contributed by atoms with van der Waals surface area (Å²) in [6, 6.07) is 13.9. The fraction of sp³-hybridized carbons (Fsp3) is 0.409. The van der Waals surface area contributed by atoms with Crippen molar-refractivity contribution < 1.29 is 9.59 Å². The molecule has 1 spiro atoms. The summed E-state index contributed by atoms with van der Waals surface area (Å²) in [6.45, 7) is 2.70. The zero-order valence-corrected chi connectivity index (χ0v) is 17.0. The first kappa shape index (κ1) is 19.0. The van der Waals surface area contributed by atoms with Gasteiger partial charge in [-0.3, -0.25) is 9.59 Å². The maximum absolute atomic E-state index is 13.2. The first-order valence-corrected chi connectivity index (χ1v) is 11.0. The number of hydrogen-bond acceptors (Lipinski definition) is 4. The van der Waals surface area contributed by atoms with E-state index in [9.17, 15) is 9.59 Å². The highest BCUT2D eigenvalue weighted by Gasteiger charge is 2.51. The van der Waals surface area contributed by atoms with Crippen molar-refractivity contribution in [2.75, 3.05) is 32.4 Å². The molecule has 0 aliphatic carbocycles. The molecule has 6 heteroatoms. The number of benzene rings is 1. The van der Waals surface area contributed by atoms with Crippen LogP contribution in [0.5, 0.6) is 0 Å². The van der Waals surface area contributed by atoms with Gasteiger partial charge < -0.3 is 9.80 Å². The van der Waals surface area contributed by atoms with Gasteiger partial charge in [-0.15, -0.1) is 11.8 Å². The van der Waals surface area contributed by atoms with E-state index in [-0.39, 0.29) is 11.8 Å². The van der Waals surface area contributed by atoms with Gasteiger partial charge in [0, 0.05) is 32.4 Å². The van der Waals surface area contributed by atoms with Gasteiger partial charge in [-0.25, -0.2) is 4.98 Å². The fourth-order valence-corrected chi connectivity index (χ4v) is 4.87. The molecule has 4 rings (SSSR count). The Morgan fingerprint density at radius 3 is 2.71 bits per heavy atom. The molecule has 0 radical (unpaired) electrons. The number of likely N-dealkylation sites (tertiary alicyclic amines) is 2. The van der Waals surface area contributed by atoms with Crippen molar-refractivity contribution in [3.8, 4) is 0 Å². The zero-order chi connectivity index (χ0) is 19.6. The molecule has 1 aromatic heterocycles. The van der Waals surface area contributed by atoms with E-state index in [0.29, 0.717) is 18.7 Å². The Kier molecular flexibility index (Phi) is 5.40. The van der Waals surface area contributed by atoms with E-state index in [4.69, 9.17) is 0 Å². The third-order valence-electron chi connectivity index (χ3n) is 5.95. The van der Waals surface area contributed by atoms with Crippen molar-refractivity contribution in [1.82, 2.24) is 14.8 Å². The molecule has 5 nitrogen and oxygen atoms in total. The van der Waals surface area contributed by atoms with Crippen molar-refractivity contribution >= 4 is 23.6 Å². The summed E-state index contributed by atoms with van der Waals surface area (Å²) in [4.78, 5) is 34.3. The zero-order valence-electron chi connectivity index (χ0n) is 16.1. The summed E-state index contributed by atoms with van der Waals surface area (Å²) in [5.41, 5.74) is 1.49. The van der Waals surface area contributed by atoms with Crippen molar-refractivity contribution in [3.05, 3.63) is 59.8 Å². The van der Waals surface area contributed by atoms with Crippen LogP contribution in [0.3, 0.4) is 0 Å². The lowest BCUT2D eigenvalue weighted by Crippen LogP contribution is -2.39. The van der Waals surface area contributed by atoms with Gasteiger partial charge in [-0.2, -0.15) is 0 Å². The molecule has 3 heterocycles.